The fraction of sp³-hybridized carbons (Fsp3) is 0.667. The van der Waals surface area contributed by atoms with Crippen LogP contribution in [0.1, 0.15) is 47.0 Å². The lowest BCUT2D eigenvalue weighted by Gasteiger charge is -2.56. The number of hydrogen-bond acceptors (Lipinski definition) is 10. The van der Waals surface area contributed by atoms with Gasteiger partial charge < -0.3 is 30.0 Å². The van der Waals surface area contributed by atoms with Gasteiger partial charge in [-0.05, 0) is 47.0 Å². The lowest BCUT2D eigenvalue weighted by Crippen LogP contribution is -2.69. The number of carbonyl (C=O) groups is 5. The van der Waals surface area contributed by atoms with Crippen LogP contribution in [0.2, 0.25) is 0 Å². The van der Waals surface area contributed by atoms with Gasteiger partial charge in [0.25, 0.3) is 0 Å². The zero-order valence-corrected chi connectivity index (χ0v) is 23.6. The average Bonchev–Trinajstić information content (AvgIpc) is 3.65. The summed E-state index contributed by atoms with van der Waals surface area (Å²) in [4.78, 5) is 67.3. The van der Waals surface area contributed by atoms with Crippen LogP contribution in [0.4, 0.5) is 0 Å². The number of likely N-dealkylation sites (tertiary alicyclic amines) is 1. The third kappa shape index (κ3) is 6.47. The van der Waals surface area contributed by atoms with Crippen molar-refractivity contribution in [3.63, 3.8) is 0 Å². The summed E-state index contributed by atoms with van der Waals surface area (Å²) in [6.07, 6.45) is 2.66. The van der Waals surface area contributed by atoms with E-state index in [0.717, 1.165) is 63.4 Å². The predicted molar refractivity (Wildman–Crippen MR) is 142 cm³/mol. The van der Waals surface area contributed by atoms with Crippen molar-refractivity contribution in [1.82, 2.24) is 24.5 Å². The van der Waals surface area contributed by atoms with Crippen LogP contribution < -0.4 is 0 Å². The van der Waals surface area contributed by atoms with Gasteiger partial charge >= 0.3 is 17.9 Å². The summed E-state index contributed by atoms with van der Waals surface area (Å²) < 4.78 is 0. The summed E-state index contributed by atoms with van der Waals surface area (Å²) in [5.41, 5.74) is 0.914. The Labute approximate surface area is 233 Å². The number of carboxylic acids is 3. The van der Waals surface area contributed by atoms with Crippen LogP contribution >= 0.6 is 0 Å². The van der Waals surface area contributed by atoms with Crippen molar-refractivity contribution in [3.05, 3.63) is 23.2 Å². The molecule has 0 saturated carbocycles. The molecular formula is C27H39N5O8. The number of carboxylic acid groups (broad SMARTS) is 3. The largest absolute Gasteiger partial charge is 0.480 e. The number of nitrogens with zero attached hydrogens (tertiary/aromatic N) is 5. The third-order valence-corrected chi connectivity index (χ3v) is 7.86. The van der Waals surface area contributed by atoms with Crippen molar-refractivity contribution >= 4 is 29.5 Å². The van der Waals surface area contributed by atoms with E-state index in [4.69, 9.17) is 10.2 Å². The molecule has 1 unspecified atom stereocenters. The first kappa shape index (κ1) is 29.5. The molecular weight excluding hydrogens is 522 g/mol. The van der Waals surface area contributed by atoms with Crippen molar-refractivity contribution in [2.75, 3.05) is 52.4 Å². The molecule has 4 fully saturated rings. The Kier molecular flexibility index (Phi) is 8.01. The number of ketones is 2. The molecule has 3 N–H and O–H groups in total. The van der Waals surface area contributed by atoms with Gasteiger partial charge in [-0.1, -0.05) is 0 Å². The van der Waals surface area contributed by atoms with E-state index < -0.39 is 48.2 Å². The highest BCUT2D eigenvalue weighted by molar-refractivity contribution is 6.22. The summed E-state index contributed by atoms with van der Waals surface area (Å²) in [6.45, 7) is 11.7. The van der Waals surface area contributed by atoms with Crippen molar-refractivity contribution < 1.29 is 39.3 Å². The highest BCUT2D eigenvalue weighted by atomic mass is 16.4. The monoisotopic (exact) mass is 561 g/mol. The second-order valence-electron chi connectivity index (χ2n) is 12.1. The molecule has 0 radical (unpaired) electrons. The number of carbonyl (C=O) groups excluding carboxylic acids is 2. The lowest BCUT2D eigenvalue weighted by atomic mass is 9.79. The second-order valence-corrected chi connectivity index (χ2v) is 12.1. The van der Waals surface area contributed by atoms with E-state index in [1.165, 1.54) is 6.08 Å². The van der Waals surface area contributed by atoms with Crippen molar-refractivity contribution in [3.8, 4) is 0 Å². The van der Waals surface area contributed by atoms with E-state index in [0.29, 0.717) is 17.1 Å². The number of aliphatic carboxylic acids is 3. The van der Waals surface area contributed by atoms with Crippen LogP contribution in [0.15, 0.2) is 23.2 Å². The summed E-state index contributed by atoms with van der Waals surface area (Å²) >= 11 is 0. The van der Waals surface area contributed by atoms with Crippen LogP contribution in [0, 0.1) is 0 Å². The maximum atomic E-state index is 12.4. The van der Waals surface area contributed by atoms with Gasteiger partial charge in [-0.15, -0.1) is 0 Å². The molecule has 4 saturated heterocycles. The normalized spacial score (nSPS) is 23.8. The van der Waals surface area contributed by atoms with E-state index in [2.05, 4.69) is 0 Å². The van der Waals surface area contributed by atoms with E-state index in [1.807, 2.05) is 42.4 Å². The SMILES string of the molecule is CC1(C)CCCC(C)(C)N1C(C(=O)O)N(CC(=O)O)CC(=O)O.O=C1C=C(N2CC2)C(=O)C(N2CC2)=C1N1CC1. The Hall–Kier alpha value is -3.45. The molecule has 13 nitrogen and oxygen atoms in total. The number of Topliss-reactive ketones (excluding diaryl/α,β-unsaturated/α-hetero) is 1. The first-order valence-corrected chi connectivity index (χ1v) is 13.6. The molecule has 4 heterocycles. The van der Waals surface area contributed by atoms with Gasteiger partial charge in [-0.3, -0.25) is 29.0 Å². The van der Waals surface area contributed by atoms with Gasteiger partial charge in [-0.25, -0.2) is 4.79 Å². The van der Waals surface area contributed by atoms with E-state index in [1.54, 1.807) is 4.90 Å². The third-order valence-electron chi connectivity index (χ3n) is 7.86. The average molecular weight is 562 g/mol. The minimum absolute atomic E-state index is 0.00546. The fourth-order valence-corrected chi connectivity index (χ4v) is 5.96. The summed E-state index contributed by atoms with van der Waals surface area (Å²) in [6, 6.07) is 0. The second kappa shape index (κ2) is 10.8. The van der Waals surface area contributed by atoms with Gasteiger partial charge in [-0.2, -0.15) is 0 Å². The van der Waals surface area contributed by atoms with Crippen LogP contribution in [-0.4, -0.2) is 139 Å². The quantitative estimate of drug-likeness (QED) is 0.243. The molecule has 0 bridgehead atoms. The van der Waals surface area contributed by atoms with Crippen LogP contribution in [0.5, 0.6) is 0 Å². The maximum Gasteiger partial charge on any atom is 0.336 e. The molecule has 13 heteroatoms. The Balaban J connectivity index is 0.000000191. The molecule has 5 aliphatic rings. The number of rotatable bonds is 10. The smallest absolute Gasteiger partial charge is 0.336 e. The molecule has 0 aromatic heterocycles. The lowest BCUT2D eigenvalue weighted by molar-refractivity contribution is -0.175. The molecule has 0 aromatic carbocycles. The van der Waals surface area contributed by atoms with Crippen LogP contribution in [0.25, 0.3) is 0 Å². The molecule has 5 rings (SSSR count). The van der Waals surface area contributed by atoms with Gasteiger partial charge in [0.15, 0.2) is 6.17 Å². The Bertz CT molecular complexity index is 1130. The first-order chi connectivity index (χ1) is 18.6. The molecule has 4 aliphatic heterocycles. The fourth-order valence-electron chi connectivity index (χ4n) is 5.96. The van der Waals surface area contributed by atoms with Crippen molar-refractivity contribution in [2.45, 2.75) is 64.2 Å². The Morgan fingerprint density at radius 3 is 1.65 bits per heavy atom. The Morgan fingerprint density at radius 2 is 1.25 bits per heavy atom. The zero-order valence-electron chi connectivity index (χ0n) is 23.6. The highest BCUT2D eigenvalue weighted by Gasteiger charge is 2.50. The molecule has 0 aromatic rings. The Morgan fingerprint density at radius 1 is 0.800 bits per heavy atom. The minimum atomic E-state index is -1.31. The molecule has 0 amide bonds. The van der Waals surface area contributed by atoms with Crippen LogP contribution in [0.3, 0.4) is 0 Å². The summed E-state index contributed by atoms with van der Waals surface area (Å²) in [5.74, 6) is -3.71. The van der Waals surface area contributed by atoms with E-state index >= 15 is 0 Å². The van der Waals surface area contributed by atoms with Gasteiger partial charge in [0.05, 0.1) is 18.8 Å². The number of allylic oxidation sites excluding steroid dienone is 1. The predicted octanol–water partition coefficient (Wildman–Crippen LogP) is 0.0919. The molecule has 1 aliphatic carbocycles. The van der Waals surface area contributed by atoms with Crippen molar-refractivity contribution in [2.24, 2.45) is 0 Å². The number of hydrogen-bond donors (Lipinski definition) is 3. The summed E-state index contributed by atoms with van der Waals surface area (Å²) in [5, 5.41) is 27.8. The molecule has 40 heavy (non-hydrogen) atoms. The zero-order chi connectivity index (χ0) is 29.6. The van der Waals surface area contributed by atoms with Gasteiger partial charge in [0, 0.05) is 56.4 Å². The van der Waals surface area contributed by atoms with E-state index in [-0.39, 0.29) is 11.6 Å². The van der Waals surface area contributed by atoms with E-state index in [9.17, 15) is 29.1 Å². The number of piperidine rings is 1. The standard InChI is InChI=1S/C15H26N2O6.C12H13N3O2/c1-14(2)6-5-7-15(3,4)17(14)12(13(22)23)16(8-10(18)19)9-11(20)21;16-9-7-8(13-1-2-13)12(17)11(15-5-6-15)10(9)14-3-4-14/h12H,5-9H2,1-4H3,(H,18,19)(H,20,21)(H,22,23);7H,1-6H2. The minimum Gasteiger partial charge on any atom is -0.480 e. The summed E-state index contributed by atoms with van der Waals surface area (Å²) in [7, 11) is 0. The van der Waals surface area contributed by atoms with Gasteiger partial charge in [0.2, 0.25) is 11.6 Å². The van der Waals surface area contributed by atoms with Crippen LogP contribution in [-0.2, 0) is 24.0 Å². The maximum absolute atomic E-state index is 12.4. The molecule has 1 atom stereocenters. The molecule has 0 spiro atoms. The first-order valence-electron chi connectivity index (χ1n) is 13.6. The topological polar surface area (TPSA) is 162 Å². The molecule has 220 valence electrons. The van der Waals surface area contributed by atoms with Gasteiger partial charge in [0.1, 0.15) is 11.4 Å². The van der Waals surface area contributed by atoms with Crippen molar-refractivity contribution in [1.29, 1.82) is 0 Å². The highest BCUT2D eigenvalue weighted by Crippen LogP contribution is 2.40.